The van der Waals surface area contributed by atoms with Crippen molar-refractivity contribution in [3.63, 3.8) is 0 Å². The number of hydrogen-bond acceptors (Lipinski definition) is 4. The van der Waals surface area contributed by atoms with Gasteiger partial charge in [0.05, 0.1) is 17.6 Å². The maximum absolute atomic E-state index is 13.7. The van der Waals surface area contributed by atoms with E-state index in [0.29, 0.717) is 39.0 Å². The molecule has 6 nitrogen and oxygen atoms in total. The number of rotatable bonds is 3. The largest absolute Gasteiger partial charge is 0.377 e. The fourth-order valence-electron chi connectivity index (χ4n) is 3.80. The van der Waals surface area contributed by atoms with Gasteiger partial charge in [-0.05, 0) is 37.3 Å². The molecule has 2 N–H and O–H groups in total. The first kappa shape index (κ1) is 17.4. The Morgan fingerprint density at radius 2 is 2.00 bits per heavy atom. The van der Waals surface area contributed by atoms with Gasteiger partial charge in [0.25, 0.3) is 5.91 Å². The summed E-state index contributed by atoms with van der Waals surface area (Å²) in [4.78, 5) is 25.8. The van der Waals surface area contributed by atoms with Gasteiger partial charge in [-0.2, -0.15) is 5.26 Å². The number of nitrogens with two attached hydrogens (primary N) is 1. The van der Waals surface area contributed by atoms with Crippen LogP contribution in [0.1, 0.15) is 35.2 Å². The molecule has 0 spiro atoms. The van der Waals surface area contributed by atoms with E-state index in [4.69, 9.17) is 15.7 Å². The van der Waals surface area contributed by atoms with Gasteiger partial charge in [0.2, 0.25) is 5.91 Å². The highest BCUT2D eigenvalue weighted by Gasteiger charge is 2.40. The number of halogens is 1. The predicted molar refractivity (Wildman–Crippen MR) is 86.8 cm³/mol. The van der Waals surface area contributed by atoms with Crippen LogP contribution in [0, 0.1) is 29.0 Å². The van der Waals surface area contributed by atoms with E-state index in [2.05, 4.69) is 0 Å². The highest BCUT2D eigenvalue weighted by atomic mass is 19.1. The van der Waals surface area contributed by atoms with Gasteiger partial charge in [-0.25, -0.2) is 4.39 Å². The molecule has 132 valence electrons. The summed E-state index contributed by atoms with van der Waals surface area (Å²) in [5.41, 5.74) is 5.31. The monoisotopic (exact) mass is 345 g/mol. The van der Waals surface area contributed by atoms with Crippen LogP contribution in [0.2, 0.25) is 0 Å². The Morgan fingerprint density at radius 3 is 2.64 bits per heavy atom. The van der Waals surface area contributed by atoms with Crippen LogP contribution in [-0.4, -0.2) is 42.5 Å². The van der Waals surface area contributed by atoms with E-state index in [0.717, 1.165) is 0 Å². The highest BCUT2D eigenvalue weighted by Crippen LogP contribution is 2.33. The second kappa shape index (κ2) is 7.19. The second-order valence-electron chi connectivity index (χ2n) is 6.54. The number of benzene rings is 1. The van der Waals surface area contributed by atoms with Crippen LogP contribution in [0.5, 0.6) is 0 Å². The number of nitriles is 1. The van der Waals surface area contributed by atoms with Crippen LogP contribution >= 0.6 is 0 Å². The standard InChI is InChI=1S/C18H20FN3O3/c19-15-3-1-2-12(14(15)10-20)18(24)22-7-4-11(5-8-22)16-13(17(21)23)6-9-25-16/h1-3,11,13,16H,4-9H2,(H2,21,23)/t13-,16+/m0/s1. The normalized spacial score (nSPS) is 24.1. The van der Waals surface area contributed by atoms with Crippen LogP contribution in [0.15, 0.2) is 18.2 Å². The summed E-state index contributed by atoms with van der Waals surface area (Å²) in [6, 6.07) is 5.83. The Labute approximate surface area is 145 Å². The summed E-state index contributed by atoms with van der Waals surface area (Å²) >= 11 is 0. The fourth-order valence-corrected chi connectivity index (χ4v) is 3.80. The molecule has 1 aromatic rings. The first-order chi connectivity index (χ1) is 12.0. The SMILES string of the molecule is N#Cc1c(F)cccc1C(=O)N1CCC([C@H]2OCC[C@@H]2C(N)=O)CC1. The number of piperidine rings is 1. The lowest BCUT2D eigenvalue weighted by atomic mass is 9.84. The van der Waals surface area contributed by atoms with Crippen LogP contribution in [0.25, 0.3) is 0 Å². The van der Waals surface area contributed by atoms with Gasteiger partial charge >= 0.3 is 0 Å². The molecule has 0 saturated carbocycles. The molecule has 3 rings (SSSR count). The number of likely N-dealkylation sites (tertiary alicyclic amines) is 1. The van der Waals surface area contributed by atoms with Crippen molar-refractivity contribution in [2.45, 2.75) is 25.4 Å². The zero-order valence-corrected chi connectivity index (χ0v) is 13.8. The van der Waals surface area contributed by atoms with E-state index in [1.165, 1.54) is 18.2 Å². The highest BCUT2D eigenvalue weighted by molar-refractivity contribution is 5.96. The Bertz CT molecular complexity index is 723. The smallest absolute Gasteiger partial charge is 0.255 e. The maximum Gasteiger partial charge on any atom is 0.255 e. The Kier molecular flexibility index (Phi) is 5.00. The fraction of sp³-hybridized carbons (Fsp3) is 0.500. The van der Waals surface area contributed by atoms with E-state index < -0.39 is 5.82 Å². The van der Waals surface area contributed by atoms with Crippen molar-refractivity contribution in [2.75, 3.05) is 19.7 Å². The van der Waals surface area contributed by atoms with Crippen LogP contribution in [0.4, 0.5) is 4.39 Å². The van der Waals surface area contributed by atoms with Crippen molar-refractivity contribution in [1.82, 2.24) is 4.90 Å². The molecule has 7 heteroatoms. The van der Waals surface area contributed by atoms with Crippen molar-refractivity contribution in [2.24, 2.45) is 17.6 Å². The van der Waals surface area contributed by atoms with Crippen molar-refractivity contribution in [1.29, 1.82) is 5.26 Å². The number of ether oxygens (including phenoxy) is 1. The van der Waals surface area contributed by atoms with Crippen LogP contribution in [-0.2, 0) is 9.53 Å². The van der Waals surface area contributed by atoms with Crippen molar-refractivity contribution in [3.8, 4) is 6.07 Å². The lowest BCUT2D eigenvalue weighted by Gasteiger charge is -2.35. The second-order valence-corrected chi connectivity index (χ2v) is 6.54. The molecule has 0 bridgehead atoms. The van der Waals surface area contributed by atoms with Gasteiger partial charge in [-0.15, -0.1) is 0 Å². The van der Waals surface area contributed by atoms with E-state index in [-0.39, 0.29) is 40.9 Å². The molecule has 2 atom stereocenters. The third kappa shape index (κ3) is 3.35. The third-order valence-electron chi connectivity index (χ3n) is 5.15. The molecule has 2 aliphatic rings. The average molecular weight is 345 g/mol. The molecule has 0 aromatic heterocycles. The van der Waals surface area contributed by atoms with Gasteiger partial charge < -0.3 is 15.4 Å². The number of nitrogens with zero attached hydrogens (tertiary/aromatic N) is 2. The summed E-state index contributed by atoms with van der Waals surface area (Å²) in [7, 11) is 0. The molecule has 1 aromatic carbocycles. The molecule has 2 fully saturated rings. The van der Waals surface area contributed by atoms with Gasteiger partial charge in [0.1, 0.15) is 17.4 Å². The predicted octanol–water partition coefficient (Wildman–Crippen LogP) is 1.44. The maximum atomic E-state index is 13.7. The summed E-state index contributed by atoms with van der Waals surface area (Å²) in [6.07, 6.45) is 1.85. The first-order valence-corrected chi connectivity index (χ1v) is 8.41. The molecule has 2 aliphatic heterocycles. The third-order valence-corrected chi connectivity index (χ3v) is 5.15. The first-order valence-electron chi connectivity index (χ1n) is 8.41. The molecule has 25 heavy (non-hydrogen) atoms. The summed E-state index contributed by atoms with van der Waals surface area (Å²) in [5.74, 6) is -1.45. The van der Waals surface area contributed by atoms with Crippen molar-refractivity contribution >= 4 is 11.8 Å². The Hall–Kier alpha value is -2.46. The van der Waals surface area contributed by atoms with Crippen LogP contribution < -0.4 is 5.73 Å². The van der Waals surface area contributed by atoms with Crippen molar-refractivity contribution < 1.29 is 18.7 Å². The minimum Gasteiger partial charge on any atom is -0.377 e. The molecule has 0 aliphatic carbocycles. The summed E-state index contributed by atoms with van der Waals surface area (Å²) in [5, 5.41) is 9.09. The number of primary amides is 1. The molecular weight excluding hydrogens is 325 g/mol. The van der Waals surface area contributed by atoms with Gasteiger partial charge in [0.15, 0.2) is 0 Å². The zero-order chi connectivity index (χ0) is 18.0. The quantitative estimate of drug-likeness (QED) is 0.896. The Balaban J connectivity index is 1.67. The zero-order valence-electron chi connectivity index (χ0n) is 13.8. The molecule has 0 unspecified atom stereocenters. The number of carbonyl (C=O) groups excluding carboxylic acids is 2. The lowest BCUT2D eigenvalue weighted by molar-refractivity contribution is -0.124. The van der Waals surface area contributed by atoms with E-state index in [1.54, 1.807) is 11.0 Å². The number of hydrogen-bond donors (Lipinski definition) is 1. The Morgan fingerprint density at radius 1 is 1.28 bits per heavy atom. The topological polar surface area (TPSA) is 96.4 Å². The molecule has 0 radical (unpaired) electrons. The van der Waals surface area contributed by atoms with E-state index in [1.807, 2.05) is 0 Å². The molecule has 2 saturated heterocycles. The number of amides is 2. The van der Waals surface area contributed by atoms with Gasteiger partial charge in [0, 0.05) is 19.7 Å². The summed E-state index contributed by atoms with van der Waals surface area (Å²) in [6.45, 7) is 1.50. The number of carbonyl (C=O) groups is 2. The van der Waals surface area contributed by atoms with E-state index in [9.17, 15) is 14.0 Å². The van der Waals surface area contributed by atoms with E-state index >= 15 is 0 Å². The molecule has 2 amide bonds. The molecular formula is C18H20FN3O3. The van der Waals surface area contributed by atoms with Crippen LogP contribution in [0.3, 0.4) is 0 Å². The van der Waals surface area contributed by atoms with Gasteiger partial charge in [-0.3, -0.25) is 9.59 Å². The van der Waals surface area contributed by atoms with Gasteiger partial charge in [-0.1, -0.05) is 6.07 Å². The average Bonchev–Trinajstić information content (AvgIpc) is 3.11. The van der Waals surface area contributed by atoms with Crippen molar-refractivity contribution in [3.05, 3.63) is 35.1 Å². The molecule has 2 heterocycles. The summed E-state index contributed by atoms with van der Waals surface area (Å²) < 4.78 is 19.4. The minimum atomic E-state index is -0.688. The minimum absolute atomic E-state index is 0.0908. The lowest BCUT2D eigenvalue weighted by Crippen LogP contribution is -2.44.